The number of nitrogens with two attached hydrogens (primary N) is 1. The first-order valence-electron chi connectivity index (χ1n) is 9.00. The van der Waals surface area contributed by atoms with E-state index in [-0.39, 0.29) is 11.9 Å². The highest BCUT2D eigenvalue weighted by Gasteiger charge is 2.19. The number of carbonyl (C=O) groups excluding carboxylic acids is 1. The summed E-state index contributed by atoms with van der Waals surface area (Å²) in [6, 6.07) is 10.1. The SMILES string of the molecule is Cc1cccc(C)c1N(CCCCc1ccncc1)C(=O)CC(C)N. The number of pyridine rings is 1. The zero-order valence-electron chi connectivity index (χ0n) is 15.5. The van der Waals surface area contributed by atoms with Crippen LogP contribution in [0.5, 0.6) is 0 Å². The van der Waals surface area contributed by atoms with Crippen molar-refractivity contribution >= 4 is 11.6 Å². The Bertz CT molecular complexity index is 663. The van der Waals surface area contributed by atoms with Gasteiger partial charge in [-0.1, -0.05) is 18.2 Å². The van der Waals surface area contributed by atoms with Gasteiger partial charge in [-0.15, -0.1) is 0 Å². The summed E-state index contributed by atoms with van der Waals surface area (Å²) in [5, 5.41) is 0. The summed E-state index contributed by atoms with van der Waals surface area (Å²) in [5.74, 6) is 0.108. The third-order valence-electron chi connectivity index (χ3n) is 4.35. The first-order valence-corrected chi connectivity index (χ1v) is 9.00. The molecule has 134 valence electrons. The predicted molar refractivity (Wildman–Crippen MR) is 104 cm³/mol. The van der Waals surface area contributed by atoms with E-state index in [4.69, 9.17) is 5.73 Å². The molecule has 1 amide bonds. The number of aryl methyl sites for hydroxylation is 3. The van der Waals surface area contributed by atoms with Gasteiger partial charge in [0.15, 0.2) is 0 Å². The van der Waals surface area contributed by atoms with Crippen LogP contribution in [0.1, 0.15) is 42.9 Å². The maximum atomic E-state index is 12.8. The molecule has 1 aromatic heterocycles. The van der Waals surface area contributed by atoms with Gasteiger partial charge >= 0.3 is 0 Å². The molecule has 0 aliphatic heterocycles. The number of hydrogen-bond acceptors (Lipinski definition) is 3. The number of para-hydroxylation sites is 1. The van der Waals surface area contributed by atoms with Gasteiger partial charge in [-0.3, -0.25) is 9.78 Å². The van der Waals surface area contributed by atoms with Crippen LogP contribution < -0.4 is 10.6 Å². The zero-order chi connectivity index (χ0) is 18.2. The number of anilines is 1. The molecule has 1 atom stereocenters. The van der Waals surface area contributed by atoms with Crippen LogP contribution in [0.15, 0.2) is 42.7 Å². The third kappa shape index (κ3) is 5.68. The fraction of sp³-hybridized carbons (Fsp3) is 0.429. The zero-order valence-corrected chi connectivity index (χ0v) is 15.5. The average Bonchev–Trinajstić information content (AvgIpc) is 2.57. The van der Waals surface area contributed by atoms with Crippen LogP contribution in [-0.4, -0.2) is 23.5 Å². The summed E-state index contributed by atoms with van der Waals surface area (Å²) in [5.41, 5.74) is 10.5. The Morgan fingerprint density at radius 3 is 2.36 bits per heavy atom. The van der Waals surface area contributed by atoms with Crippen LogP contribution in [0, 0.1) is 13.8 Å². The summed E-state index contributed by atoms with van der Waals surface area (Å²) in [6.07, 6.45) is 7.02. The Balaban J connectivity index is 2.06. The smallest absolute Gasteiger partial charge is 0.228 e. The Labute approximate surface area is 151 Å². The molecule has 2 N–H and O–H groups in total. The van der Waals surface area contributed by atoms with E-state index in [2.05, 4.69) is 31.0 Å². The fourth-order valence-electron chi connectivity index (χ4n) is 3.13. The van der Waals surface area contributed by atoms with Gasteiger partial charge in [-0.05, 0) is 68.9 Å². The lowest BCUT2D eigenvalue weighted by Gasteiger charge is -2.27. The van der Waals surface area contributed by atoms with Crippen molar-refractivity contribution in [2.24, 2.45) is 5.73 Å². The van der Waals surface area contributed by atoms with Crippen molar-refractivity contribution in [2.45, 2.75) is 52.5 Å². The topological polar surface area (TPSA) is 59.2 Å². The first-order chi connectivity index (χ1) is 12.0. The van der Waals surface area contributed by atoms with Crippen LogP contribution in [0.2, 0.25) is 0 Å². The number of carbonyl (C=O) groups is 1. The summed E-state index contributed by atoms with van der Waals surface area (Å²) >= 11 is 0. The number of hydrogen-bond donors (Lipinski definition) is 1. The van der Waals surface area contributed by atoms with E-state index < -0.39 is 0 Å². The molecule has 4 heteroatoms. The lowest BCUT2D eigenvalue weighted by Crippen LogP contribution is -2.36. The van der Waals surface area contributed by atoms with Gasteiger partial charge < -0.3 is 10.6 Å². The lowest BCUT2D eigenvalue weighted by atomic mass is 10.1. The van der Waals surface area contributed by atoms with Gasteiger partial charge in [0.05, 0.1) is 0 Å². The van der Waals surface area contributed by atoms with Crippen molar-refractivity contribution in [1.82, 2.24) is 4.98 Å². The highest BCUT2D eigenvalue weighted by molar-refractivity contribution is 5.95. The van der Waals surface area contributed by atoms with Crippen molar-refractivity contribution in [3.05, 3.63) is 59.4 Å². The van der Waals surface area contributed by atoms with E-state index in [9.17, 15) is 4.79 Å². The number of benzene rings is 1. The minimum atomic E-state index is -0.129. The maximum Gasteiger partial charge on any atom is 0.228 e. The summed E-state index contributed by atoms with van der Waals surface area (Å²) in [6.45, 7) is 6.73. The second kappa shape index (κ2) is 9.33. The van der Waals surface area contributed by atoms with E-state index >= 15 is 0 Å². The van der Waals surface area contributed by atoms with Crippen molar-refractivity contribution < 1.29 is 4.79 Å². The van der Waals surface area contributed by atoms with E-state index in [0.717, 1.165) is 42.6 Å². The van der Waals surface area contributed by atoms with Gasteiger partial charge in [0.1, 0.15) is 0 Å². The minimum Gasteiger partial charge on any atom is -0.327 e. The molecule has 2 aromatic rings. The quantitative estimate of drug-likeness (QED) is 0.744. The highest BCUT2D eigenvalue weighted by Crippen LogP contribution is 2.26. The molecule has 1 unspecified atom stereocenters. The van der Waals surface area contributed by atoms with Crippen LogP contribution >= 0.6 is 0 Å². The summed E-state index contributed by atoms with van der Waals surface area (Å²) in [7, 11) is 0. The first kappa shape index (κ1) is 19.1. The molecule has 0 spiro atoms. The van der Waals surface area contributed by atoms with E-state index in [1.165, 1.54) is 5.56 Å². The third-order valence-corrected chi connectivity index (χ3v) is 4.35. The van der Waals surface area contributed by atoms with Crippen LogP contribution in [-0.2, 0) is 11.2 Å². The molecular weight excluding hydrogens is 310 g/mol. The number of unbranched alkanes of at least 4 members (excludes halogenated alkanes) is 1. The van der Waals surface area contributed by atoms with Crippen molar-refractivity contribution in [3.8, 4) is 0 Å². The number of amides is 1. The van der Waals surface area contributed by atoms with Crippen molar-refractivity contribution in [1.29, 1.82) is 0 Å². The van der Waals surface area contributed by atoms with Gasteiger partial charge in [-0.2, -0.15) is 0 Å². The molecule has 2 rings (SSSR count). The Morgan fingerprint density at radius 1 is 1.12 bits per heavy atom. The Morgan fingerprint density at radius 2 is 1.76 bits per heavy atom. The normalized spacial score (nSPS) is 12.0. The summed E-state index contributed by atoms with van der Waals surface area (Å²) < 4.78 is 0. The second-order valence-corrected chi connectivity index (χ2v) is 6.78. The molecule has 0 saturated carbocycles. The van der Waals surface area contributed by atoms with Gasteiger partial charge in [-0.25, -0.2) is 0 Å². The predicted octanol–water partition coefficient (Wildman–Crippen LogP) is 3.79. The van der Waals surface area contributed by atoms with Gasteiger partial charge in [0.2, 0.25) is 5.91 Å². The minimum absolute atomic E-state index is 0.108. The van der Waals surface area contributed by atoms with Gasteiger partial charge in [0.25, 0.3) is 0 Å². The molecule has 0 saturated heterocycles. The largest absolute Gasteiger partial charge is 0.327 e. The van der Waals surface area contributed by atoms with Crippen LogP contribution in [0.3, 0.4) is 0 Å². The molecule has 0 bridgehead atoms. The Kier molecular flexibility index (Phi) is 7.14. The van der Waals surface area contributed by atoms with E-state index in [0.29, 0.717) is 6.42 Å². The molecule has 4 nitrogen and oxygen atoms in total. The molecule has 1 aromatic carbocycles. The molecule has 1 heterocycles. The molecule has 0 aliphatic carbocycles. The monoisotopic (exact) mass is 339 g/mol. The highest BCUT2D eigenvalue weighted by atomic mass is 16.2. The number of aromatic nitrogens is 1. The summed E-state index contributed by atoms with van der Waals surface area (Å²) in [4.78, 5) is 18.7. The molecule has 0 radical (unpaired) electrons. The van der Waals surface area contributed by atoms with Crippen molar-refractivity contribution in [2.75, 3.05) is 11.4 Å². The standard InChI is InChI=1S/C21H29N3O/c1-16-7-6-8-17(2)21(16)24(20(25)15-18(3)22)14-5-4-9-19-10-12-23-13-11-19/h6-8,10-13,18H,4-5,9,14-15,22H2,1-3H3. The molecular formula is C21H29N3O. The van der Waals surface area contributed by atoms with Crippen LogP contribution in [0.25, 0.3) is 0 Å². The van der Waals surface area contributed by atoms with Gasteiger partial charge in [0, 0.05) is 37.1 Å². The Hall–Kier alpha value is -2.20. The fourth-order valence-corrected chi connectivity index (χ4v) is 3.13. The molecule has 0 aliphatic rings. The second-order valence-electron chi connectivity index (χ2n) is 6.78. The molecule has 0 fully saturated rings. The number of nitrogens with zero attached hydrogens (tertiary/aromatic N) is 2. The van der Waals surface area contributed by atoms with E-state index in [1.807, 2.05) is 42.4 Å². The molecule has 25 heavy (non-hydrogen) atoms. The van der Waals surface area contributed by atoms with Crippen LogP contribution in [0.4, 0.5) is 5.69 Å². The van der Waals surface area contributed by atoms with Crippen molar-refractivity contribution in [3.63, 3.8) is 0 Å². The average molecular weight is 339 g/mol. The van der Waals surface area contributed by atoms with E-state index in [1.54, 1.807) is 0 Å². The maximum absolute atomic E-state index is 12.8. The number of rotatable bonds is 8. The lowest BCUT2D eigenvalue weighted by molar-refractivity contribution is -0.118.